The van der Waals surface area contributed by atoms with Gasteiger partial charge in [0.15, 0.2) is 11.6 Å². The molecule has 1 amide bonds. The molecule has 0 unspecified atom stereocenters. The zero-order valence-electron chi connectivity index (χ0n) is 16.0. The molecule has 2 aromatic rings. The van der Waals surface area contributed by atoms with Gasteiger partial charge in [0.05, 0.1) is 12.7 Å². The Labute approximate surface area is 162 Å². The molecule has 0 saturated heterocycles. The van der Waals surface area contributed by atoms with E-state index in [2.05, 4.69) is 20.6 Å². The van der Waals surface area contributed by atoms with Crippen molar-refractivity contribution in [1.29, 1.82) is 0 Å². The quantitative estimate of drug-likeness (QED) is 0.598. The highest BCUT2D eigenvalue weighted by molar-refractivity contribution is 5.98. The second-order valence-corrected chi connectivity index (χ2v) is 6.94. The Balaban J connectivity index is 1.94. The zero-order chi connectivity index (χ0) is 20.3. The lowest BCUT2D eigenvalue weighted by atomic mass is 9.91. The Morgan fingerprint density at radius 2 is 1.96 bits per heavy atom. The number of nitrogens with two attached hydrogens (primary N) is 2. The number of anilines is 3. The number of carbonyl (C=O) groups excluding carboxylic acids is 1. The standard InChI is InChI=1S/C19H25FN6O2/c1-10-7-11(8-16(23-10)28-2)24-18-12(17(22)27)9-13(20)19(26-18)25-15-6-4-3-5-14(15)21/h7-9,14-15H,3-6,21H2,1-2H3,(H2,22,27)(H2,23,24,25,26)/t14-,15+/m1/s1. The summed E-state index contributed by atoms with van der Waals surface area (Å²) in [6, 6.07) is 4.33. The minimum atomic E-state index is -0.785. The topological polar surface area (TPSA) is 128 Å². The molecule has 1 fully saturated rings. The van der Waals surface area contributed by atoms with Crippen molar-refractivity contribution >= 4 is 23.2 Å². The molecule has 9 heteroatoms. The number of methoxy groups -OCH3 is 1. The minimum Gasteiger partial charge on any atom is -0.481 e. The van der Waals surface area contributed by atoms with Crippen LogP contribution in [0.3, 0.4) is 0 Å². The normalized spacial score (nSPS) is 19.1. The van der Waals surface area contributed by atoms with Gasteiger partial charge in [-0.3, -0.25) is 4.79 Å². The third-order valence-electron chi connectivity index (χ3n) is 4.78. The average molecular weight is 388 g/mol. The van der Waals surface area contributed by atoms with Crippen LogP contribution < -0.4 is 26.8 Å². The summed E-state index contributed by atoms with van der Waals surface area (Å²) in [5.41, 5.74) is 12.8. The fraction of sp³-hybridized carbons (Fsp3) is 0.421. The number of hydrogen-bond acceptors (Lipinski definition) is 7. The molecule has 0 bridgehead atoms. The van der Waals surface area contributed by atoms with Crippen molar-refractivity contribution in [3.05, 3.63) is 35.3 Å². The maximum absolute atomic E-state index is 14.6. The summed E-state index contributed by atoms with van der Waals surface area (Å²) in [4.78, 5) is 20.3. The molecule has 2 atom stereocenters. The Hall–Kier alpha value is -2.94. The van der Waals surface area contributed by atoms with Crippen LogP contribution in [0.25, 0.3) is 0 Å². The van der Waals surface area contributed by atoms with E-state index in [1.165, 1.54) is 7.11 Å². The van der Waals surface area contributed by atoms with Gasteiger partial charge < -0.3 is 26.8 Å². The van der Waals surface area contributed by atoms with Crippen molar-refractivity contribution in [1.82, 2.24) is 9.97 Å². The van der Waals surface area contributed by atoms with Gasteiger partial charge >= 0.3 is 0 Å². The number of amides is 1. The van der Waals surface area contributed by atoms with Crippen LogP contribution in [0.15, 0.2) is 18.2 Å². The highest BCUT2D eigenvalue weighted by Gasteiger charge is 2.24. The number of nitrogens with one attached hydrogen (secondary N) is 2. The van der Waals surface area contributed by atoms with Crippen molar-refractivity contribution < 1.29 is 13.9 Å². The first-order valence-electron chi connectivity index (χ1n) is 9.19. The molecule has 0 aliphatic heterocycles. The van der Waals surface area contributed by atoms with Crippen LogP contribution in [0.1, 0.15) is 41.7 Å². The van der Waals surface area contributed by atoms with Gasteiger partial charge in [0.25, 0.3) is 5.91 Å². The largest absolute Gasteiger partial charge is 0.481 e. The molecule has 1 aliphatic rings. The van der Waals surface area contributed by atoms with Crippen molar-refractivity contribution in [3.8, 4) is 5.88 Å². The van der Waals surface area contributed by atoms with E-state index in [4.69, 9.17) is 16.2 Å². The number of primary amides is 1. The number of aryl methyl sites for hydroxylation is 1. The van der Waals surface area contributed by atoms with E-state index in [9.17, 15) is 9.18 Å². The van der Waals surface area contributed by atoms with Crippen LogP contribution in [-0.2, 0) is 0 Å². The fourth-order valence-electron chi connectivity index (χ4n) is 3.34. The summed E-state index contributed by atoms with van der Waals surface area (Å²) >= 11 is 0. The third-order valence-corrected chi connectivity index (χ3v) is 4.78. The van der Waals surface area contributed by atoms with E-state index in [-0.39, 0.29) is 29.3 Å². The predicted octanol–water partition coefficient (Wildman–Crippen LogP) is 2.46. The molecule has 0 aromatic carbocycles. The summed E-state index contributed by atoms with van der Waals surface area (Å²) in [7, 11) is 1.51. The van der Waals surface area contributed by atoms with E-state index in [1.54, 1.807) is 19.1 Å². The van der Waals surface area contributed by atoms with Crippen molar-refractivity contribution in [2.75, 3.05) is 17.7 Å². The summed E-state index contributed by atoms with van der Waals surface area (Å²) in [5.74, 6) is -0.856. The van der Waals surface area contributed by atoms with Crippen LogP contribution in [0, 0.1) is 12.7 Å². The lowest BCUT2D eigenvalue weighted by Gasteiger charge is -2.30. The maximum atomic E-state index is 14.6. The van der Waals surface area contributed by atoms with Crippen LogP contribution in [0.4, 0.5) is 21.7 Å². The van der Waals surface area contributed by atoms with Crippen LogP contribution in [0.5, 0.6) is 5.88 Å². The monoisotopic (exact) mass is 388 g/mol. The van der Waals surface area contributed by atoms with Crippen molar-refractivity contribution in [2.45, 2.75) is 44.7 Å². The molecule has 28 heavy (non-hydrogen) atoms. The number of halogens is 1. The lowest BCUT2D eigenvalue weighted by molar-refractivity contribution is 0.100. The molecule has 1 saturated carbocycles. The first-order chi connectivity index (χ1) is 13.4. The maximum Gasteiger partial charge on any atom is 0.252 e. The predicted molar refractivity (Wildman–Crippen MR) is 105 cm³/mol. The second kappa shape index (κ2) is 8.39. The number of ether oxygens (including phenoxy) is 1. The minimum absolute atomic E-state index is 0.0348. The second-order valence-electron chi connectivity index (χ2n) is 6.94. The van der Waals surface area contributed by atoms with E-state index in [0.29, 0.717) is 17.3 Å². The average Bonchev–Trinajstić information content (AvgIpc) is 2.65. The van der Waals surface area contributed by atoms with Gasteiger partial charge in [-0.2, -0.15) is 0 Å². The van der Waals surface area contributed by atoms with Gasteiger partial charge in [-0.25, -0.2) is 14.4 Å². The molecule has 8 nitrogen and oxygen atoms in total. The molecule has 1 aliphatic carbocycles. The lowest BCUT2D eigenvalue weighted by Crippen LogP contribution is -2.43. The van der Waals surface area contributed by atoms with Gasteiger partial charge in [0.1, 0.15) is 5.82 Å². The Morgan fingerprint density at radius 1 is 1.21 bits per heavy atom. The molecule has 2 heterocycles. The first kappa shape index (κ1) is 19.8. The van der Waals surface area contributed by atoms with Crippen LogP contribution in [0.2, 0.25) is 0 Å². The van der Waals surface area contributed by atoms with Crippen molar-refractivity contribution in [2.24, 2.45) is 11.5 Å². The van der Waals surface area contributed by atoms with Gasteiger partial charge in [-0.05, 0) is 31.9 Å². The van der Waals surface area contributed by atoms with E-state index in [1.807, 2.05) is 0 Å². The van der Waals surface area contributed by atoms with E-state index in [0.717, 1.165) is 31.7 Å². The summed E-state index contributed by atoms with van der Waals surface area (Å²) in [5, 5.41) is 6.10. The van der Waals surface area contributed by atoms with Gasteiger partial charge in [-0.15, -0.1) is 0 Å². The smallest absolute Gasteiger partial charge is 0.252 e. The van der Waals surface area contributed by atoms with Crippen LogP contribution in [-0.4, -0.2) is 35.1 Å². The molecule has 0 radical (unpaired) electrons. The summed E-state index contributed by atoms with van der Waals surface area (Å²) in [6.07, 6.45) is 3.79. The van der Waals surface area contributed by atoms with Crippen LogP contribution >= 0.6 is 0 Å². The number of hydrogen-bond donors (Lipinski definition) is 4. The first-order valence-corrected chi connectivity index (χ1v) is 9.19. The van der Waals surface area contributed by atoms with E-state index >= 15 is 0 Å². The molecular weight excluding hydrogens is 363 g/mol. The third kappa shape index (κ3) is 4.48. The number of carbonyl (C=O) groups is 1. The number of rotatable bonds is 6. The number of pyridine rings is 2. The highest BCUT2D eigenvalue weighted by atomic mass is 19.1. The fourth-order valence-corrected chi connectivity index (χ4v) is 3.34. The summed E-state index contributed by atoms with van der Waals surface area (Å²) in [6.45, 7) is 1.80. The van der Waals surface area contributed by atoms with E-state index < -0.39 is 11.7 Å². The molecule has 2 aromatic heterocycles. The number of nitrogens with zero attached hydrogens (tertiary/aromatic N) is 2. The number of aromatic nitrogens is 2. The highest BCUT2D eigenvalue weighted by Crippen LogP contribution is 2.27. The molecule has 0 spiro atoms. The van der Waals surface area contributed by atoms with Crippen molar-refractivity contribution in [3.63, 3.8) is 0 Å². The summed E-state index contributed by atoms with van der Waals surface area (Å²) < 4.78 is 19.7. The SMILES string of the molecule is COc1cc(Nc2nc(N[C@H]3CCCC[C@H]3N)c(F)cc2C(N)=O)cc(C)n1. The Bertz CT molecular complexity index is 876. The molecule has 6 N–H and O–H groups in total. The Kier molecular flexibility index (Phi) is 5.93. The molecule has 3 rings (SSSR count). The van der Waals surface area contributed by atoms with Gasteiger partial charge in [0, 0.05) is 29.5 Å². The molecular formula is C19H25FN6O2. The Morgan fingerprint density at radius 3 is 2.64 bits per heavy atom. The van der Waals surface area contributed by atoms with Gasteiger partial charge in [0.2, 0.25) is 5.88 Å². The molecule has 150 valence electrons. The zero-order valence-corrected chi connectivity index (χ0v) is 16.0. The van der Waals surface area contributed by atoms with Gasteiger partial charge in [-0.1, -0.05) is 12.8 Å².